The van der Waals surface area contributed by atoms with E-state index in [0.717, 1.165) is 38.5 Å². The van der Waals surface area contributed by atoms with E-state index in [9.17, 15) is 19.5 Å². The fourth-order valence-electron chi connectivity index (χ4n) is 4.05. The van der Waals surface area contributed by atoms with Gasteiger partial charge in [-0.15, -0.1) is 0 Å². The van der Waals surface area contributed by atoms with E-state index >= 15 is 0 Å². The number of phenols is 1. The Kier molecular flexibility index (Phi) is 14.1. The minimum atomic E-state index is -1.03. The zero-order chi connectivity index (χ0) is 28.0. The summed E-state index contributed by atoms with van der Waals surface area (Å²) in [6, 6.07) is 4.68. The number of phenolic OH excluding ortho intramolecular Hbond substituents is 1. The maximum Gasteiger partial charge on any atom is 0.408 e. The van der Waals surface area contributed by atoms with Crippen molar-refractivity contribution in [1.29, 1.82) is 0 Å². The lowest BCUT2D eigenvalue weighted by Gasteiger charge is -2.36. The van der Waals surface area contributed by atoms with Crippen molar-refractivity contribution in [2.24, 2.45) is 5.92 Å². The monoisotopic (exact) mass is 519 g/mol. The van der Waals surface area contributed by atoms with Crippen molar-refractivity contribution in [2.75, 3.05) is 13.1 Å². The Morgan fingerprint density at radius 2 is 1.59 bits per heavy atom. The smallest absolute Gasteiger partial charge is 0.408 e. The van der Waals surface area contributed by atoms with E-state index < -0.39 is 23.8 Å². The molecule has 37 heavy (non-hydrogen) atoms. The van der Waals surface area contributed by atoms with Crippen molar-refractivity contribution in [2.45, 2.75) is 111 Å². The van der Waals surface area contributed by atoms with Gasteiger partial charge in [0.15, 0.2) is 0 Å². The molecule has 0 saturated carbocycles. The summed E-state index contributed by atoms with van der Waals surface area (Å²) < 4.78 is 5.41. The van der Waals surface area contributed by atoms with Gasteiger partial charge >= 0.3 is 6.09 Å². The SMILES string of the molecule is CCCCCCN(C(=O)C(NC(=O)OC(C)(C)C)C(C)C)C(C(=O)NCCCCC)c1ccccc1O. The molecule has 0 fully saturated rings. The molecule has 0 saturated heterocycles. The van der Waals surface area contributed by atoms with Gasteiger partial charge in [0.25, 0.3) is 0 Å². The fraction of sp³-hybridized carbons (Fsp3) is 0.690. The van der Waals surface area contributed by atoms with Crippen LogP contribution in [0.2, 0.25) is 0 Å². The molecule has 0 heterocycles. The highest BCUT2D eigenvalue weighted by Gasteiger charge is 2.38. The molecule has 2 unspecified atom stereocenters. The average Bonchev–Trinajstić information content (AvgIpc) is 2.81. The standard InChI is InChI=1S/C29H49N3O5/c1-8-10-12-16-20-32(27(35)24(21(3)4)31-28(36)37-29(5,6)7)25(22-17-13-14-18-23(22)33)26(34)30-19-15-11-9-2/h13-14,17-18,21,24-25,33H,8-12,15-16,19-20H2,1-7H3,(H,30,34)(H,31,36). The van der Waals surface area contributed by atoms with Crippen molar-refractivity contribution < 1.29 is 24.2 Å². The molecule has 1 aromatic rings. The van der Waals surface area contributed by atoms with E-state index in [0.29, 0.717) is 25.1 Å². The lowest BCUT2D eigenvalue weighted by molar-refractivity contribution is -0.143. The predicted octanol–water partition coefficient (Wildman–Crippen LogP) is 5.70. The first-order valence-electron chi connectivity index (χ1n) is 13.8. The highest BCUT2D eigenvalue weighted by Crippen LogP contribution is 2.30. The van der Waals surface area contributed by atoms with Gasteiger partial charge in [0.2, 0.25) is 11.8 Å². The molecule has 1 rings (SSSR count). The number of unbranched alkanes of at least 4 members (excludes halogenated alkanes) is 5. The van der Waals surface area contributed by atoms with Gasteiger partial charge in [-0.25, -0.2) is 4.79 Å². The molecule has 3 N–H and O–H groups in total. The topological polar surface area (TPSA) is 108 Å². The van der Waals surface area contributed by atoms with Crippen molar-refractivity contribution in [3.8, 4) is 5.75 Å². The molecule has 0 aromatic heterocycles. The number of rotatable bonds is 15. The molecule has 8 nitrogen and oxygen atoms in total. The second-order valence-electron chi connectivity index (χ2n) is 10.9. The third-order valence-corrected chi connectivity index (χ3v) is 6.01. The van der Waals surface area contributed by atoms with E-state index in [2.05, 4.69) is 24.5 Å². The predicted molar refractivity (Wildman–Crippen MR) is 147 cm³/mol. The summed E-state index contributed by atoms with van der Waals surface area (Å²) in [5.74, 6) is -1.03. The zero-order valence-electron chi connectivity index (χ0n) is 23.9. The average molecular weight is 520 g/mol. The van der Waals surface area contributed by atoms with Crippen LogP contribution in [0.4, 0.5) is 4.79 Å². The molecule has 8 heteroatoms. The minimum Gasteiger partial charge on any atom is -0.508 e. The van der Waals surface area contributed by atoms with E-state index in [-0.39, 0.29) is 23.5 Å². The molecule has 0 aliphatic heterocycles. The lowest BCUT2D eigenvalue weighted by Crippen LogP contribution is -2.55. The summed E-state index contributed by atoms with van der Waals surface area (Å²) in [5.41, 5.74) is -0.357. The molecular formula is C29H49N3O5. The van der Waals surface area contributed by atoms with Gasteiger partial charge in [0, 0.05) is 18.7 Å². The Balaban J connectivity index is 3.41. The summed E-state index contributed by atoms with van der Waals surface area (Å²) >= 11 is 0. The van der Waals surface area contributed by atoms with Crippen LogP contribution in [0.25, 0.3) is 0 Å². The van der Waals surface area contributed by atoms with Crippen LogP contribution >= 0.6 is 0 Å². The highest BCUT2D eigenvalue weighted by atomic mass is 16.6. The Bertz CT molecular complexity index is 850. The molecular weight excluding hydrogens is 470 g/mol. The number of aromatic hydroxyl groups is 1. The second-order valence-corrected chi connectivity index (χ2v) is 10.9. The van der Waals surface area contributed by atoms with Crippen molar-refractivity contribution >= 4 is 17.9 Å². The summed E-state index contributed by atoms with van der Waals surface area (Å²) in [4.78, 5) is 41.7. The normalized spacial score (nSPS) is 13.1. The third-order valence-electron chi connectivity index (χ3n) is 6.01. The zero-order valence-corrected chi connectivity index (χ0v) is 23.9. The quantitative estimate of drug-likeness (QED) is 0.258. The van der Waals surface area contributed by atoms with Crippen LogP contribution < -0.4 is 10.6 Å². The third kappa shape index (κ3) is 11.4. The molecule has 0 bridgehead atoms. The van der Waals surface area contributed by atoms with Gasteiger partial charge in [0.1, 0.15) is 23.4 Å². The number of hydrogen-bond donors (Lipinski definition) is 3. The van der Waals surface area contributed by atoms with Crippen LogP contribution in [0.3, 0.4) is 0 Å². The van der Waals surface area contributed by atoms with Gasteiger partial charge in [-0.05, 0) is 45.6 Å². The van der Waals surface area contributed by atoms with Crippen molar-refractivity contribution in [3.05, 3.63) is 29.8 Å². The Morgan fingerprint density at radius 3 is 2.16 bits per heavy atom. The number of nitrogens with one attached hydrogen (secondary N) is 2. The first-order valence-corrected chi connectivity index (χ1v) is 13.8. The van der Waals surface area contributed by atoms with Crippen LogP contribution in [0, 0.1) is 5.92 Å². The van der Waals surface area contributed by atoms with Crippen LogP contribution in [0.5, 0.6) is 5.75 Å². The number of alkyl carbamates (subject to hydrolysis) is 1. The maximum absolute atomic E-state index is 14.1. The van der Waals surface area contributed by atoms with Gasteiger partial charge < -0.3 is 25.4 Å². The molecule has 3 amide bonds. The number of carbonyl (C=O) groups is 3. The highest BCUT2D eigenvalue weighted by molar-refractivity contribution is 5.92. The molecule has 0 aliphatic carbocycles. The van der Waals surface area contributed by atoms with E-state index in [1.807, 2.05) is 13.8 Å². The minimum absolute atomic E-state index is 0.0521. The van der Waals surface area contributed by atoms with Crippen LogP contribution in [0.1, 0.15) is 105 Å². The first-order chi connectivity index (χ1) is 17.4. The van der Waals surface area contributed by atoms with E-state index in [1.165, 1.54) is 11.0 Å². The number of ether oxygens (including phenoxy) is 1. The fourth-order valence-corrected chi connectivity index (χ4v) is 4.05. The molecule has 210 valence electrons. The van der Waals surface area contributed by atoms with Gasteiger partial charge in [-0.1, -0.05) is 78.0 Å². The van der Waals surface area contributed by atoms with Crippen LogP contribution in [0.15, 0.2) is 24.3 Å². The largest absolute Gasteiger partial charge is 0.508 e. The van der Waals surface area contributed by atoms with Crippen molar-refractivity contribution in [3.63, 3.8) is 0 Å². The Morgan fingerprint density at radius 1 is 0.973 bits per heavy atom. The van der Waals surface area contributed by atoms with Crippen LogP contribution in [-0.2, 0) is 14.3 Å². The summed E-state index contributed by atoms with van der Waals surface area (Å²) in [5, 5.41) is 16.4. The summed E-state index contributed by atoms with van der Waals surface area (Å²) in [6.07, 6.45) is 5.79. The van der Waals surface area contributed by atoms with Gasteiger partial charge in [-0.3, -0.25) is 9.59 Å². The molecule has 1 aromatic carbocycles. The molecule has 0 radical (unpaired) electrons. The molecule has 0 spiro atoms. The van der Waals surface area contributed by atoms with E-state index in [4.69, 9.17) is 4.74 Å². The Hall–Kier alpha value is -2.77. The van der Waals surface area contributed by atoms with Gasteiger partial charge in [0.05, 0.1) is 0 Å². The van der Waals surface area contributed by atoms with Crippen LogP contribution in [-0.4, -0.2) is 52.6 Å². The number of carbonyl (C=O) groups excluding carboxylic acids is 3. The van der Waals surface area contributed by atoms with Gasteiger partial charge in [-0.2, -0.15) is 0 Å². The lowest BCUT2D eigenvalue weighted by atomic mass is 9.97. The summed E-state index contributed by atoms with van der Waals surface area (Å²) in [7, 11) is 0. The Labute approximate surface area is 223 Å². The number of hydrogen-bond acceptors (Lipinski definition) is 5. The summed E-state index contributed by atoms with van der Waals surface area (Å²) in [6.45, 7) is 14.0. The number of para-hydroxylation sites is 1. The molecule has 0 aliphatic rings. The number of nitrogens with zero attached hydrogens (tertiary/aromatic N) is 1. The second kappa shape index (κ2) is 16.2. The number of amides is 3. The van der Waals surface area contributed by atoms with E-state index in [1.54, 1.807) is 39.0 Å². The maximum atomic E-state index is 14.1. The number of benzene rings is 1. The van der Waals surface area contributed by atoms with Crippen molar-refractivity contribution in [1.82, 2.24) is 15.5 Å². The molecule has 2 atom stereocenters. The first kappa shape index (κ1) is 32.3.